The summed E-state index contributed by atoms with van der Waals surface area (Å²) in [5.74, 6) is 0.516. The van der Waals surface area contributed by atoms with Crippen LogP contribution in [0.15, 0.2) is 0 Å². The average Bonchev–Trinajstić information content (AvgIpc) is 1.86. The highest BCUT2D eigenvalue weighted by atomic mass is 17.2. The normalized spacial score (nSPS) is 35.6. The topological polar surface area (TPSA) is 18.5 Å². The van der Waals surface area contributed by atoms with Gasteiger partial charge in [-0.2, -0.15) is 0 Å². The molecule has 1 aliphatic rings. The van der Waals surface area contributed by atoms with Crippen molar-refractivity contribution in [3.63, 3.8) is 0 Å². The van der Waals surface area contributed by atoms with Crippen molar-refractivity contribution >= 4 is 0 Å². The van der Waals surface area contributed by atoms with Crippen LogP contribution in [0.1, 0.15) is 20.8 Å². The summed E-state index contributed by atoms with van der Waals surface area (Å²) in [6, 6.07) is 0. The number of rotatable bonds is 0. The molecule has 48 valence electrons. The third-order valence-corrected chi connectivity index (χ3v) is 1.78. The highest BCUT2D eigenvalue weighted by molar-refractivity contribution is 4.76. The summed E-state index contributed by atoms with van der Waals surface area (Å²) >= 11 is 0. The van der Waals surface area contributed by atoms with Gasteiger partial charge in [-0.25, -0.2) is 9.78 Å². The minimum Gasteiger partial charge on any atom is -0.236 e. The summed E-state index contributed by atoms with van der Waals surface area (Å²) in [5, 5.41) is 0. The highest BCUT2D eigenvalue weighted by Gasteiger charge is 2.34. The smallest absolute Gasteiger partial charge is 0.103 e. The van der Waals surface area contributed by atoms with Gasteiger partial charge in [0.2, 0.25) is 0 Å². The van der Waals surface area contributed by atoms with Crippen LogP contribution >= 0.6 is 0 Å². The van der Waals surface area contributed by atoms with Crippen molar-refractivity contribution in [1.29, 1.82) is 0 Å². The minimum atomic E-state index is -0.0694. The lowest BCUT2D eigenvalue weighted by atomic mass is 9.95. The summed E-state index contributed by atoms with van der Waals surface area (Å²) < 4.78 is 0. The first-order chi connectivity index (χ1) is 3.63. The monoisotopic (exact) mass is 116 g/mol. The van der Waals surface area contributed by atoms with Crippen LogP contribution in [-0.2, 0) is 9.78 Å². The van der Waals surface area contributed by atoms with Gasteiger partial charge in [-0.15, -0.1) is 0 Å². The van der Waals surface area contributed by atoms with E-state index in [4.69, 9.17) is 9.78 Å². The van der Waals surface area contributed by atoms with Crippen LogP contribution in [-0.4, -0.2) is 12.2 Å². The second kappa shape index (κ2) is 1.71. The van der Waals surface area contributed by atoms with Crippen molar-refractivity contribution < 1.29 is 9.78 Å². The van der Waals surface area contributed by atoms with Gasteiger partial charge in [0.05, 0.1) is 6.61 Å². The maximum atomic E-state index is 4.95. The van der Waals surface area contributed by atoms with Crippen molar-refractivity contribution in [1.82, 2.24) is 0 Å². The molecule has 0 radical (unpaired) electrons. The van der Waals surface area contributed by atoms with Crippen LogP contribution in [0.5, 0.6) is 0 Å². The molecule has 1 heterocycles. The Kier molecular flexibility index (Phi) is 1.29. The third-order valence-electron chi connectivity index (χ3n) is 1.78. The van der Waals surface area contributed by atoms with Gasteiger partial charge < -0.3 is 0 Å². The van der Waals surface area contributed by atoms with Gasteiger partial charge in [0, 0.05) is 5.92 Å². The van der Waals surface area contributed by atoms with Crippen LogP contribution in [0.25, 0.3) is 0 Å². The van der Waals surface area contributed by atoms with E-state index in [1.54, 1.807) is 0 Å². The molecule has 0 aliphatic carbocycles. The largest absolute Gasteiger partial charge is 0.236 e. The van der Waals surface area contributed by atoms with Gasteiger partial charge in [-0.1, -0.05) is 6.92 Å². The Morgan fingerprint density at radius 1 is 1.50 bits per heavy atom. The van der Waals surface area contributed by atoms with E-state index in [1.807, 2.05) is 13.8 Å². The minimum absolute atomic E-state index is 0.0694. The summed E-state index contributed by atoms with van der Waals surface area (Å²) in [6.07, 6.45) is 0. The number of hydrogen-bond acceptors (Lipinski definition) is 2. The summed E-state index contributed by atoms with van der Waals surface area (Å²) in [5.41, 5.74) is -0.0694. The van der Waals surface area contributed by atoms with Crippen LogP contribution in [0.2, 0.25) is 0 Å². The van der Waals surface area contributed by atoms with Crippen LogP contribution in [0, 0.1) is 5.92 Å². The van der Waals surface area contributed by atoms with E-state index >= 15 is 0 Å². The Hall–Kier alpha value is -0.0800. The molecule has 1 fully saturated rings. The lowest BCUT2D eigenvalue weighted by Crippen LogP contribution is -2.25. The molecule has 0 amide bonds. The van der Waals surface area contributed by atoms with Crippen molar-refractivity contribution in [2.45, 2.75) is 26.4 Å². The molecule has 2 heteroatoms. The zero-order valence-corrected chi connectivity index (χ0v) is 5.60. The molecule has 1 saturated heterocycles. The van der Waals surface area contributed by atoms with E-state index in [1.165, 1.54) is 0 Å². The predicted octanol–water partition coefficient (Wildman–Crippen LogP) is 1.36. The van der Waals surface area contributed by atoms with E-state index in [0.29, 0.717) is 5.92 Å². The quantitative estimate of drug-likeness (QED) is 0.445. The summed E-state index contributed by atoms with van der Waals surface area (Å²) in [6.45, 7) is 6.91. The molecule has 0 saturated carbocycles. The maximum absolute atomic E-state index is 4.95. The fourth-order valence-corrected chi connectivity index (χ4v) is 0.571. The zero-order chi connectivity index (χ0) is 6.20. The second-order valence-corrected chi connectivity index (χ2v) is 2.87. The van der Waals surface area contributed by atoms with Crippen molar-refractivity contribution in [2.75, 3.05) is 6.61 Å². The lowest BCUT2D eigenvalue weighted by Gasteiger charge is -2.17. The van der Waals surface area contributed by atoms with Gasteiger partial charge in [0.1, 0.15) is 5.60 Å². The average molecular weight is 116 g/mol. The van der Waals surface area contributed by atoms with Gasteiger partial charge in [0.15, 0.2) is 0 Å². The first-order valence-electron chi connectivity index (χ1n) is 2.93. The second-order valence-electron chi connectivity index (χ2n) is 2.87. The standard InChI is InChI=1S/C6H12O2/c1-5-4-7-8-6(5,2)3/h5H,4H2,1-3H3. The SMILES string of the molecule is CC1COOC1(C)C. The Labute approximate surface area is 49.7 Å². The molecular weight excluding hydrogens is 104 g/mol. The molecule has 0 aromatic heterocycles. The van der Waals surface area contributed by atoms with E-state index in [9.17, 15) is 0 Å². The fourth-order valence-electron chi connectivity index (χ4n) is 0.571. The van der Waals surface area contributed by atoms with Gasteiger partial charge >= 0.3 is 0 Å². The molecule has 1 atom stereocenters. The Morgan fingerprint density at radius 3 is 2.25 bits per heavy atom. The Morgan fingerprint density at radius 2 is 2.12 bits per heavy atom. The van der Waals surface area contributed by atoms with E-state index < -0.39 is 0 Å². The molecule has 0 aromatic carbocycles. The Bertz CT molecular complexity index is 88.5. The first kappa shape index (κ1) is 6.05. The highest BCUT2D eigenvalue weighted by Crippen LogP contribution is 2.27. The lowest BCUT2D eigenvalue weighted by molar-refractivity contribution is -0.300. The molecule has 1 unspecified atom stereocenters. The van der Waals surface area contributed by atoms with Crippen LogP contribution in [0.4, 0.5) is 0 Å². The van der Waals surface area contributed by atoms with Gasteiger partial charge in [-0.3, -0.25) is 0 Å². The Balaban J connectivity index is 2.54. The summed E-state index contributed by atoms with van der Waals surface area (Å²) in [4.78, 5) is 9.72. The maximum Gasteiger partial charge on any atom is 0.103 e. The van der Waals surface area contributed by atoms with Crippen molar-refractivity contribution in [2.24, 2.45) is 5.92 Å². The number of hydrogen-bond donors (Lipinski definition) is 0. The zero-order valence-electron chi connectivity index (χ0n) is 5.60. The molecule has 0 spiro atoms. The van der Waals surface area contributed by atoms with E-state index in [-0.39, 0.29) is 5.60 Å². The predicted molar refractivity (Wildman–Crippen MR) is 30.3 cm³/mol. The van der Waals surface area contributed by atoms with Crippen LogP contribution < -0.4 is 0 Å². The van der Waals surface area contributed by atoms with Gasteiger partial charge in [0.25, 0.3) is 0 Å². The third kappa shape index (κ3) is 0.858. The molecule has 8 heavy (non-hydrogen) atoms. The van der Waals surface area contributed by atoms with Gasteiger partial charge in [-0.05, 0) is 13.8 Å². The molecule has 2 nitrogen and oxygen atoms in total. The molecule has 0 aromatic rings. The van der Waals surface area contributed by atoms with Crippen molar-refractivity contribution in [3.8, 4) is 0 Å². The van der Waals surface area contributed by atoms with E-state index in [2.05, 4.69) is 6.92 Å². The summed E-state index contributed by atoms with van der Waals surface area (Å²) in [7, 11) is 0. The molecule has 0 bridgehead atoms. The fraction of sp³-hybridized carbons (Fsp3) is 1.00. The first-order valence-corrected chi connectivity index (χ1v) is 2.93. The van der Waals surface area contributed by atoms with Crippen LogP contribution in [0.3, 0.4) is 0 Å². The molecule has 1 aliphatic heterocycles. The van der Waals surface area contributed by atoms with Crippen molar-refractivity contribution in [3.05, 3.63) is 0 Å². The molecule has 0 N–H and O–H groups in total. The molecule has 1 rings (SSSR count). The van der Waals surface area contributed by atoms with E-state index in [0.717, 1.165) is 6.61 Å². The molecular formula is C6H12O2.